The normalized spacial score (nSPS) is 10.6. The highest BCUT2D eigenvalue weighted by molar-refractivity contribution is 6.33. The van der Waals surface area contributed by atoms with Gasteiger partial charge in [0.25, 0.3) is 0 Å². The van der Waals surface area contributed by atoms with Gasteiger partial charge in [0, 0.05) is 32.9 Å². The summed E-state index contributed by atoms with van der Waals surface area (Å²) in [7, 11) is 5.62. The van der Waals surface area contributed by atoms with E-state index < -0.39 is 0 Å². The number of hydrogen-bond donors (Lipinski definition) is 1. The Hall–Kier alpha value is -1.75. The fraction of sp³-hybridized carbons (Fsp3) is 0.273. The van der Waals surface area contributed by atoms with Crippen molar-refractivity contribution in [3.63, 3.8) is 0 Å². The molecular weight excluding hydrogens is 238 g/mol. The van der Waals surface area contributed by atoms with E-state index >= 15 is 0 Å². The van der Waals surface area contributed by atoms with Crippen LogP contribution in [-0.2, 0) is 7.05 Å². The zero-order chi connectivity index (χ0) is 12.6. The molecule has 2 heterocycles. The van der Waals surface area contributed by atoms with E-state index in [1.54, 1.807) is 17.1 Å². The topological polar surface area (TPSA) is 60.0 Å². The molecule has 0 aliphatic rings. The Morgan fingerprint density at radius 1 is 1.35 bits per heavy atom. The van der Waals surface area contributed by atoms with Crippen LogP contribution in [0.4, 0.5) is 11.5 Å². The molecule has 0 aromatic carbocycles. The Kier molecular flexibility index (Phi) is 2.93. The number of aryl methyl sites for hydroxylation is 1. The molecule has 6 heteroatoms. The maximum atomic E-state index is 6.17. The van der Waals surface area contributed by atoms with Crippen molar-refractivity contribution in [2.75, 3.05) is 24.7 Å². The summed E-state index contributed by atoms with van der Waals surface area (Å²) >= 11 is 6.17. The molecule has 17 heavy (non-hydrogen) atoms. The zero-order valence-corrected chi connectivity index (χ0v) is 10.7. The summed E-state index contributed by atoms with van der Waals surface area (Å²) in [5.41, 5.74) is 8.15. The third kappa shape index (κ3) is 2.06. The first-order chi connectivity index (χ1) is 8.00. The standard InChI is InChI=1S/C11H14ClN5/c1-16(2)11-8(12)4-7(5-14-11)10-9(13)6-15-17(10)3/h4-6H,13H2,1-3H3. The van der Waals surface area contributed by atoms with Gasteiger partial charge in [-0.25, -0.2) is 4.98 Å². The molecule has 0 saturated heterocycles. The van der Waals surface area contributed by atoms with Gasteiger partial charge in [-0.05, 0) is 6.07 Å². The number of aromatic nitrogens is 3. The lowest BCUT2D eigenvalue weighted by Crippen LogP contribution is -2.11. The summed E-state index contributed by atoms with van der Waals surface area (Å²) in [4.78, 5) is 6.17. The van der Waals surface area contributed by atoms with Gasteiger partial charge in [0.2, 0.25) is 0 Å². The second kappa shape index (κ2) is 4.25. The molecule has 0 bridgehead atoms. The Bertz CT molecular complexity index is 527. The third-order valence-corrected chi connectivity index (χ3v) is 2.76. The van der Waals surface area contributed by atoms with Gasteiger partial charge in [0.1, 0.15) is 5.82 Å². The molecule has 5 nitrogen and oxygen atoms in total. The first-order valence-electron chi connectivity index (χ1n) is 5.11. The van der Waals surface area contributed by atoms with Crippen molar-refractivity contribution in [3.05, 3.63) is 23.5 Å². The van der Waals surface area contributed by atoms with Crippen LogP contribution in [0.25, 0.3) is 11.3 Å². The van der Waals surface area contributed by atoms with Gasteiger partial charge in [0.15, 0.2) is 0 Å². The highest BCUT2D eigenvalue weighted by atomic mass is 35.5. The summed E-state index contributed by atoms with van der Waals surface area (Å²) in [5, 5.41) is 4.68. The van der Waals surface area contributed by atoms with Gasteiger partial charge in [-0.2, -0.15) is 5.10 Å². The summed E-state index contributed by atoms with van der Waals surface area (Å²) in [6.45, 7) is 0. The first-order valence-corrected chi connectivity index (χ1v) is 5.49. The average Bonchev–Trinajstić information content (AvgIpc) is 2.58. The van der Waals surface area contributed by atoms with Gasteiger partial charge < -0.3 is 10.6 Å². The number of nitrogen functional groups attached to an aromatic ring is 1. The number of hydrogen-bond acceptors (Lipinski definition) is 4. The average molecular weight is 252 g/mol. The lowest BCUT2D eigenvalue weighted by atomic mass is 10.2. The summed E-state index contributed by atoms with van der Waals surface area (Å²) in [6, 6.07) is 1.84. The lowest BCUT2D eigenvalue weighted by Gasteiger charge is -2.13. The molecule has 2 rings (SSSR count). The monoisotopic (exact) mass is 251 g/mol. The Morgan fingerprint density at radius 3 is 2.53 bits per heavy atom. The Morgan fingerprint density at radius 2 is 2.06 bits per heavy atom. The van der Waals surface area contributed by atoms with Gasteiger partial charge in [-0.3, -0.25) is 4.68 Å². The summed E-state index contributed by atoms with van der Waals surface area (Å²) in [6.07, 6.45) is 3.36. The summed E-state index contributed by atoms with van der Waals surface area (Å²) in [5.74, 6) is 0.733. The SMILES string of the molecule is CN(C)c1ncc(-c2c(N)cnn2C)cc1Cl. The quantitative estimate of drug-likeness (QED) is 0.884. The van der Waals surface area contributed by atoms with E-state index in [1.807, 2.05) is 32.1 Å². The second-order valence-corrected chi connectivity index (χ2v) is 4.40. The van der Waals surface area contributed by atoms with Gasteiger partial charge in [0.05, 0.1) is 22.6 Å². The molecule has 0 amide bonds. The number of pyridine rings is 1. The fourth-order valence-electron chi connectivity index (χ4n) is 1.70. The van der Waals surface area contributed by atoms with Crippen molar-refractivity contribution in [3.8, 4) is 11.3 Å². The van der Waals surface area contributed by atoms with E-state index in [2.05, 4.69) is 10.1 Å². The van der Waals surface area contributed by atoms with Crippen LogP contribution in [0.5, 0.6) is 0 Å². The van der Waals surface area contributed by atoms with Crippen molar-refractivity contribution < 1.29 is 0 Å². The maximum Gasteiger partial charge on any atom is 0.146 e. The molecule has 0 spiro atoms. The molecule has 2 N–H and O–H groups in total. The van der Waals surface area contributed by atoms with Crippen LogP contribution in [-0.4, -0.2) is 28.9 Å². The predicted octanol–water partition coefficient (Wildman–Crippen LogP) is 1.78. The van der Waals surface area contributed by atoms with Crippen LogP contribution in [0.3, 0.4) is 0 Å². The second-order valence-electron chi connectivity index (χ2n) is 4.00. The highest BCUT2D eigenvalue weighted by Crippen LogP contribution is 2.30. The first kappa shape index (κ1) is 11.7. The predicted molar refractivity (Wildman–Crippen MR) is 70.2 cm³/mol. The van der Waals surface area contributed by atoms with Gasteiger partial charge in [-0.15, -0.1) is 0 Å². The Labute approximate surface area is 105 Å². The van der Waals surface area contributed by atoms with Crippen molar-refractivity contribution in [1.82, 2.24) is 14.8 Å². The maximum absolute atomic E-state index is 6.17. The number of rotatable bonds is 2. The number of nitrogens with zero attached hydrogens (tertiary/aromatic N) is 4. The molecule has 2 aromatic heterocycles. The van der Waals surface area contributed by atoms with Crippen LogP contribution in [0, 0.1) is 0 Å². The molecule has 0 atom stereocenters. The molecule has 90 valence electrons. The lowest BCUT2D eigenvalue weighted by molar-refractivity contribution is 0.775. The van der Waals surface area contributed by atoms with Crippen LogP contribution in [0.2, 0.25) is 5.02 Å². The third-order valence-electron chi connectivity index (χ3n) is 2.49. The van der Waals surface area contributed by atoms with Gasteiger partial charge >= 0.3 is 0 Å². The van der Waals surface area contributed by atoms with Crippen molar-refractivity contribution in [1.29, 1.82) is 0 Å². The fourth-order valence-corrected chi connectivity index (χ4v) is 2.03. The Balaban J connectivity index is 2.52. The molecule has 0 saturated carbocycles. The van der Waals surface area contributed by atoms with Gasteiger partial charge in [-0.1, -0.05) is 11.6 Å². The molecule has 0 aliphatic heterocycles. The van der Waals surface area contributed by atoms with Crippen LogP contribution in [0.15, 0.2) is 18.5 Å². The molecule has 0 aliphatic carbocycles. The molecule has 0 unspecified atom stereocenters. The minimum Gasteiger partial charge on any atom is -0.396 e. The molecule has 0 radical (unpaired) electrons. The minimum atomic E-state index is 0.591. The molecular formula is C11H14ClN5. The van der Waals surface area contributed by atoms with Crippen LogP contribution >= 0.6 is 11.6 Å². The van der Waals surface area contributed by atoms with E-state index in [0.717, 1.165) is 17.1 Å². The molecule has 0 fully saturated rings. The van der Waals surface area contributed by atoms with E-state index in [4.69, 9.17) is 17.3 Å². The molecule has 2 aromatic rings. The smallest absolute Gasteiger partial charge is 0.146 e. The van der Waals surface area contributed by atoms with E-state index in [1.165, 1.54) is 0 Å². The van der Waals surface area contributed by atoms with Crippen LogP contribution < -0.4 is 10.6 Å². The minimum absolute atomic E-state index is 0.591. The van der Waals surface area contributed by atoms with Crippen LogP contribution in [0.1, 0.15) is 0 Å². The zero-order valence-electron chi connectivity index (χ0n) is 9.98. The summed E-state index contributed by atoms with van der Waals surface area (Å²) < 4.78 is 1.71. The van der Waals surface area contributed by atoms with Crippen molar-refractivity contribution >= 4 is 23.1 Å². The van der Waals surface area contributed by atoms with E-state index in [0.29, 0.717) is 10.7 Å². The highest BCUT2D eigenvalue weighted by Gasteiger charge is 2.12. The van der Waals surface area contributed by atoms with Crippen molar-refractivity contribution in [2.24, 2.45) is 7.05 Å². The largest absolute Gasteiger partial charge is 0.396 e. The number of nitrogens with two attached hydrogens (primary N) is 1. The van der Waals surface area contributed by atoms with Crippen molar-refractivity contribution in [2.45, 2.75) is 0 Å². The number of halogens is 1. The number of anilines is 2. The van der Waals surface area contributed by atoms with E-state index in [-0.39, 0.29) is 0 Å². The van der Waals surface area contributed by atoms with E-state index in [9.17, 15) is 0 Å².